The van der Waals surface area contributed by atoms with Crippen molar-refractivity contribution in [3.8, 4) is 5.75 Å². The SMILES string of the molecule is NC(=O)[C@H](Cc1ccccc1)NC(=O)[C@H](Cc1ccc(O)c([N+](=O)[O-])c1)NC(=O)[C@@H](N)CCCNC(N)=NCC(F)(F)F. The van der Waals surface area contributed by atoms with E-state index in [4.69, 9.17) is 17.2 Å². The molecule has 0 aliphatic carbocycles. The first kappa shape index (κ1) is 34.3. The van der Waals surface area contributed by atoms with Crippen LogP contribution in [0.1, 0.15) is 24.0 Å². The highest BCUT2D eigenvalue weighted by molar-refractivity contribution is 5.93. The van der Waals surface area contributed by atoms with E-state index in [1.165, 1.54) is 6.07 Å². The van der Waals surface area contributed by atoms with Gasteiger partial charge in [-0.25, -0.2) is 4.99 Å². The number of hydrogen-bond acceptors (Lipinski definition) is 8. The third kappa shape index (κ3) is 12.2. The van der Waals surface area contributed by atoms with Crippen LogP contribution in [-0.4, -0.2) is 71.1 Å². The lowest BCUT2D eigenvalue weighted by molar-refractivity contribution is -0.385. The van der Waals surface area contributed by atoms with Gasteiger partial charge in [-0.05, 0) is 30.0 Å². The molecule has 0 fully saturated rings. The molecule has 2 rings (SSSR count). The monoisotopic (exact) mass is 610 g/mol. The zero-order chi connectivity index (χ0) is 32.2. The Bertz CT molecular complexity index is 1310. The number of aromatic hydroxyl groups is 1. The number of phenols is 1. The van der Waals surface area contributed by atoms with Crippen LogP contribution < -0.4 is 33.2 Å². The Balaban J connectivity index is 2.13. The van der Waals surface area contributed by atoms with E-state index in [0.29, 0.717) is 5.56 Å². The van der Waals surface area contributed by atoms with Gasteiger partial charge in [-0.15, -0.1) is 0 Å². The molecule has 0 radical (unpaired) electrons. The molecule has 0 aliphatic heterocycles. The Morgan fingerprint density at radius 1 is 0.977 bits per heavy atom. The fourth-order valence-electron chi connectivity index (χ4n) is 3.81. The van der Waals surface area contributed by atoms with Gasteiger partial charge in [0.05, 0.1) is 11.0 Å². The molecule has 0 bridgehead atoms. The smallest absolute Gasteiger partial charge is 0.408 e. The summed E-state index contributed by atoms with van der Waals surface area (Å²) in [7, 11) is 0. The molecular weight excluding hydrogens is 577 g/mol. The molecule has 0 aromatic heterocycles. The molecular formula is C26H33F3N8O6. The van der Waals surface area contributed by atoms with E-state index in [1.807, 2.05) is 0 Å². The minimum absolute atomic E-state index is 0.0301. The number of carbonyl (C=O) groups excluding carboxylic acids is 3. The fraction of sp³-hybridized carbons (Fsp3) is 0.385. The molecule has 0 heterocycles. The zero-order valence-electron chi connectivity index (χ0n) is 22.8. The van der Waals surface area contributed by atoms with Crippen LogP contribution in [0.25, 0.3) is 0 Å². The van der Waals surface area contributed by atoms with Gasteiger partial charge in [-0.3, -0.25) is 24.5 Å². The average Bonchev–Trinajstić information content (AvgIpc) is 2.94. The van der Waals surface area contributed by atoms with Crippen molar-refractivity contribution in [2.24, 2.45) is 22.2 Å². The van der Waals surface area contributed by atoms with Gasteiger partial charge >= 0.3 is 11.9 Å². The highest BCUT2D eigenvalue weighted by Crippen LogP contribution is 2.27. The summed E-state index contributed by atoms with van der Waals surface area (Å²) in [6.07, 6.45) is -4.52. The normalized spacial score (nSPS) is 13.8. The molecule has 10 N–H and O–H groups in total. The number of nitrogens with zero attached hydrogens (tertiary/aromatic N) is 2. The topological polar surface area (TPSA) is 241 Å². The maximum atomic E-state index is 13.3. The van der Waals surface area contributed by atoms with Gasteiger partial charge in [-0.1, -0.05) is 36.4 Å². The number of nitrogens with two attached hydrogens (primary N) is 3. The summed E-state index contributed by atoms with van der Waals surface area (Å²) in [5.41, 5.74) is 17.1. The van der Waals surface area contributed by atoms with Crippen LogP contribution in [0.5, 0.6) is 5.75 Å². The summed E-state index contributed by atoms with van der Waals surface area (Å²) in [6, 6.07) is 8.39. The molecule has 0 aliphatic rings. The predicted octanol–water partition coefficient (Wildman–Crippen LogP) is 0.115. The number of carbonyl (C=O) groups is 3. The van der Waals surface area contributed by atoms with Crippen LogP contribution in [0.15, 0.2) is 53.5 Å². The number of primary amides is 1. The molecule has 3 amide bonds. The van der Waals surface area contributed by atoms with Crippen LogP contribution in [0, 0.1) is 10.1 Å². The first-order valence-electron chi connectivity index (χ1n) is 12.9. The van der Waals surface area contributed by atoms with Crippen molar-refractivity contribution in [2.45, 2.75) is 50.0 Å². The minimum atomic E-state index is -4.51. The fourth-order valence-corrected chi connectivity index (χ4v) is 3.81. The number of nitro benzene ring substituents is 1. The number of aliphatic imine (C=N–C) groups is 1. The second-order valence-electron chi connectivity index (χ2n) is 9.49. The van der Waals surface area contributed by atoms with Crippen LogP contribution in [0.3, 0.4) is 0 Å². The highest BCUT2D eigenvalue weighted by Gasteiger charge is 2.29. The van der Waals surface area contributed by atoms with Crippen LogP contribution in [-0.2, 0) is 27.2 Å². The minimum Gasteiger partial charge on any atom is -0.502 e. The Hall–Kier alpha value is -4.93. The second kappa shape index (κ2) is 15.9. The van der Waals surface area contributed by atoms with Crippen molar-refractivity contribution < 1.29 is 37.6 Å². The van der Waals surface area contributed by atoms with Gasteiger partial charge in [0, 0.05) is 25.5 Å². The van der Waals surface area contributed by atoms with Crippen molar-refractivity contribution in [3.63, 3.8) is 0 Å². The number of guanidine groups is 1. The molecule has 2 aromatic carbocycles. The summed E-state index contributed by atoms with van der Waals surface area (Å²) >= 11 is 0. The number of amides is 3. The van der Waals surface area contributed by atoms with E-state index < -0.39 is 70.9 Å². The number of halogens is 3. The Morgan fingerprint density at radius 3 is 2.21 bits per heavy atom. The number of hydrogen-bond donors (Lipinski definition) is 7. The van der Waals surface area contributed by atoms with E-state index in [0.717, 1.165) is 12.1 Å². The number of nitro groups is 1. The number of alkyl halides is 3. The first-order valence-corrected chi connectivity index (χ1v) is 12.9. The summed E-state index contributed by atoms with van der Waals surface area (Å²) in [5.74, 6) is -3.49. The predicted molar refractivity (Wildman–Crippen MR) is 149 cm³/mol. The van der Waals surface area contributed by atoms with Gasteiger partial charge in [0.1, 0.15) is 18.6 Å². The van der Waals surface area contributed by atoms with Gasteiger partial charge in [0.15, 0.2) is 11.7 Å². The third-order valence-corrected chi connectivity index (χ3v) is 6.02. The van der Waals surface area contributed by atoms with Crippen LogP contribution in [0.2, 0.25) is 0 Å². The van der Waals surface area contributed by atoms with Gasteiger partial charge in [-0.2, -0.15) is 13.2 Å². The maximum Gasteiger partial charge on any atom is 0.408 e. The largest absolute Gasteiger partial charge is 0.502 e. The number of phenolic OH excluding ortho intramolecular Hbond substituents is 1. The second-order valence-corrected chi connectivity index (χ2v) is 9.49. The number of benzene rings is 2. The lowest BCUT2D eigenvalue weighted by Crippen LogP contribution is -2.56. The van der Waals surface area contributed by atoms with Crippen molar-refractivity contribution >= 4 is 29.4 Å². The summed E-state index contributed by atoms with van der Waals surface area (Å²) in [6.45, 7) is -1.40. The zero-order valence-corrected chi connectivity index (χ0v) is 22.8. The van der Waals surface area contributed by atoms with E-state index in [2.05, 4.69) is 20.9 Å². The van der Waals surface area contributed by atoms with Crippen LogP contribution in [0.4, 0.5) is 18.9 Å². The quantitative estimate of drug-likeness (QED) is 0.0475. The van der Waals surface area contributed by atoms with E-state index in [1.54, 1.807) is 30.3 Å². The first-order chi connectivity index (χ1) is 20.2. The van der Waals surface area contributed by atoms with E-state index >= 15 is 0 Å². The standard InChI is InChI=1S/C26H33F3N8O6/c27-26(28,29)14-34-25(32)33-10-4-7-17(30)23(40)36-19(12-16-8-9-21(38)20(13-16)37(42)43)24(41)35-18(22(31)39)11-15-5-2-1-3-6-15/h1-3,5-6,8-9,13,17-19,38H,4,7,10-12,14,30H2,(H2,31,39)(H,35,41)(H,36,40)(H3,32,33,34)/t17-,18-,19-/m0/s1. The summed E-state index contributed by atoms with van der Waals surface area (Å²) in [5, 5.41) is 28.5. The molecule has 0 unspecified atom stereocenters. The number of rotatable bonds is 15. The Kier molecular flexibility index (Phi) is 12.7. The van der Waals surface area contributed by atoms with Crippen molar-refractivity contribution in [1.82, 2.24) is 16.0 Å². The number of nitrogens with one attached hydrogen (secondary N) is 3. The molecule has 14 nitrogen and oxygen atoms in total. The Morgan fingerprint density at radius 2 is 1.60 bits per heavy atom. The third-order valence-electron chi connectivity index (χ3n) is 6.02. The average molecular weight is 611 g/mol. The molecule has 0 spiro atoms. The van der Waals surface area contributed by atoms with Gasteiger partial charge < -0.3 is 38.3 Å². The van der Waals surface area contributed by atoms with E-state index in [-0.39, 0.29) is 37.8 Å². The van der Waals surface area contributed by atoms with Crippen molar-refractivity contribution in [1.29, 1.82) is 0 Å². The maximum absolute atomic E-state index is 13.3. The molecule has 3 atom stereocenters. The van der Waals surface area contributed by atoms with Crippen molar-refractivity contribution in [3.05, 3.63) is 69.8 Å². The van der Waals surface area contributed by atoms with Crippen molar-refractivity contribution in [2.75, 3.05) is 13.1 Å². The molecule has 0 saturated carbocycles. The molecule has 2 aromatic rings. The highest BCUT2D eigenvalue weighted by atomic mass is 19.4. The Labute approximate surface area is 244 Å². The van der Waals surface area contributed by atoms with Gasteiger partial charge in [0.25, 0.3) is 0 Å². The van der Waals surface area contributed by atoms with Crippen LogP contribution >= 0.6 is 0 Å². The lowest BCUT2D eigenvalue weighted by atomic mass is 10.0. The van der Waals surface area contributed by atoms with Gasteiger partial charge in [0.2, 0.25) is 17.7 Å². The van der Waals surface area contributed by atoms with E-state index in [9.17, 15) is 42.8 Å². The molecule has 43 heavy (non-hydrogen) atoms. The molecule has 234 valence electrons. The summed E-state index contributed by atoms with van der Waals surface area (Å²) in [4.78, 5) is 51.9. The summed E-state index contributed by atoms with van der Waals surface area (Å²) < 4.78 is 36.7. The lowest BCUT2D eigenvalue weighted by Gasteiger charge is -2.23. The molecule has 17 heteroatoms. The molecule has 0 saturated heterocycles.